The van der Waals surface area contributed by atoms with Gasteiger partial charge >= 0.3 is 0 Å². The van der Waals surface area contributed by atoms with Crippen LogP contribution in [0.25, 0.3) is 0 Å². The predicted molar refractivity (Wildman–Crippen MR) is 60.9 cm³/mol. The van der Waals surface area contributed by atoms with Gasteiger partial charge in [-0.05, 0) is 24.3 Å². The fourth-order valence-electron chi connectivity index (χ4n) is 1.54. The molecule has 17 heavy (non-hydrogen) atoms. The molecule has 0 saturated carbocycles. The van der Waals surface area contributed by atoms with E-state index in [9.17, 15) is 9.18 Å². The first-order chi connectivity index (χ1) is 8.20. The van der Waals surface area contributed by atoms with Crippen molar-refractivity contribution in [2.75, 3.05) is 0 Å². The van der Waals surface area contributed by atoms with E-state index < -0.39 is 5.82 Å². The third-order valence-corrected chi connectivity index (χ3v) is 2.41. The minimum Gasteiger partial charge on any atom is -0.311 e. The summed E-state index contributed by atoms with van der Waals surface area (Å²) in [7, 11) is 0. The first-order valence-corrected chi connectivity index (χ1v) is 5.05. The van der Waals surface area contributed by atoms with Crippen LogP contribution in [0.2, 0.25) is 0 Å². The van der Waals surface area contributed by atoms with Gasteiger partial charge in [0.15, 0.2) is 0 Å². The summed E-state index contributed by atoms with van der Waals surface area (Å²) in [6, 6.07) is 10.8. The lowest BCUT2D eigenvalue weighted by atomic mass is 10.1. The molecule has 0 radical (unpaired) electrons. The Morgan fingerprint density at radius 3 is 2.82 bits per heavy atom. The Hall–Kier alpha value is -2.41. The number of halogens is 1. The number of benzene rings is 1. The van der Waals surface area contributed by atoms with E-state index in [4.69, 9.17) is 5.26 Å². The average molecular weight is 228 g/mol. The van der Waals surface area contributed by atoms with E-state index in [1.54, 1.807) is 18.3 Å². The molecule has 1 aromatic carbocycles. The van der Waals surface area contributed by atoms with Crippen molar-refractivity contribution in [3.05, 3.63) is 69.9 Å². The van der Waals surface area contributed by atoms with Crippen LogP contribution in [0.4, 0.5) is 4.39 Å². The molecule has 0 fully saturated rings. The van der Waals surface area contributed by atoms with E-state index in [0.717, 1.165) is 0 Å². The van der Waals surface area contributed by atoms with Crippen LogP contribution >= 0.6 is 0 Å². The predicted octanol–water partition coefficient (Wildman–Crippen LogP) is 1.91. The lowest BCUT2D eigenvalue weighted by Crippen LogP contribution is -2.18. The Morgan fingerprint density at radius 2 is 2.12 bits per heavy atom. The molecule has 1 heterocycles. The molecular weight excluding hydrogens is 219 g/mol. The maximum atomic E-state index is 13.5. The molecule has 0 spiro atoms. The van der Waals surface area contributed by atoms with Crippen LogP contribution in [0.15, 0.2) is 47.4 Å². The molecule has 3 nitrogen and oxygen atoms in total. The second kappa shape index (κ2) is 4.62. The fourth-order valence-corrected chi connectivity index (χ4v) is 1.54. The lowest BCUT2D eigenvalue weighted by molar-refractivity contribution is 0.596. The van der Waals surface area contributed by atoms with E-state index in [2.05, 4.69) is 0 Å². The van der Waals surface area contributed by atoms with Crippen molar-refractivity contribution in [2.24, 2.45) is 0 Å². The molecule has 0 saturated heterocycles. The number of nitrogens with zero attached hydrogens (tertiary/aromatic N) is 2. The third-order valence-electron chi connectivity index (χ3n) is 2.41. The maximum absolute atomic E-state index is 13.5. The zero-order valence-electron chi connectivity index (χ0n) is 8.93. The molecule has 0 aliphatic rings. The van der Waals surface area contributed by atoms with E-state index in [1.165, 1.54) is 28.8 Å². The molecule has 84 valence electrons. The van der Waals surface area contributed by atoms with Gasteiger partial charge in [0, 0.05) is 17.8 Å². The lowest BCUT2D eigenvalue weighted by Gasteiger charge is -2.06. The molecule has 0 atom stereocenters. The van der Waals surface area contributed by atoms with Crippen LogP contribution in [0.3, 0.4) is 0 Å². The summed E-state index contributed by atoms with van der Waals surface area (Å²) in [5, 5.41) is 8.73. The van der Waals surface area contributed by atoms with Gasteiger partial charge in [-0.1, -0.05) is 6.07 Å². The van der Waals surface area contributed by atoms with Crippen LogP contribution in [0.1, 0.15) is 11.1 Å². The van der Waals surface area contributed by atoms with E-state index >= 15 is 0 Å². The van der Waals surface area contributed by atoms with Gasteiger partial charge < -0.3 is 4.57 Å². The Balaban J connectivity index is 2.40. The molecule has 0 aliphatic carbocycles. The highest BCUT2D eigenvalue weighted by Crippen LogP contribution is 2.10. The quantitative estimate of drug-likeness (QED) is 0.788. The van der Waals surface area contributed by atoms with Gasteiger partial charge in [-0.15, -0.1) is 0 Å². The standard InChI is InChI=1S/C13H9FN2O/c14-12-5-4-10(8-15)7-11(12)9-16-6-2-1-3-13(16)17/h1-7H,9H2. The van der Waals surface area contributed by atoms with Crippen molar-refractivity contribution >= 4 is 0 Å². The largest absolute Gasteiger partial charge is 0.311 e. The molecule has 0 aliphatic heterocycles. The van der Waals surface area contributed by atoms with E-state index in [0.29, 0.717) is 11.1 Å². The molecule has 0 amide bonds. The summed E-state index contributed by atoms with van der Waals surface area (Å²) in [6.45, 7) is 0.126. The first-order valence-electron chi connectivity index (χ1n) is 5.05. The number of hydrogen-bond donors (Lipinski definition) is 0. The average Bonchev–Trinajstić information content (AvgIpc) is 2.35. The van der Waals surface area contributed by atoms with E-state index in [1.807, 2.05) is 6.07 Å². The van der Waals surface area contributed by atoms with Crippen LogP contribution in [-0.2, 0) is 6.54 Å². The van der Waals surface area contributed by atoms with Gasteiger partial charge in [-0.3, -0.25) is 4.79 Å². The van der Waals surface area contributed by atoms with Crippen LogP contribution in [0.5, 0.6) is 0 Å². The third kappa shape index (κ3) is 2.40. The van der Waals surface area contributed by atoms with Gasteiger partial charge in [0.25, 0.3) is 5.56 Å². The van der Waals surface area contributed by atoms with Crippen LogP contribution < -0.4 is 5.56 Å². The monoisotopic (exact) mass is 228 g/mol. The highest BCUT2D eigenvalue weighted by molar-refractivity contribution is 5.33. The highest BCUT2D eigenvalue weighted by atomic mass is 19.1. The minimum absolute atomic E-state index is 0.126. The topological polar surface area (TPSA) is 45.8 Å². The number of hydrogen-bond acceptors (Lipinski definition) is 2. The van der Waals surface area contributed by atoms with Gasteiger partial charge in [0.2, 0.25) is 0 Å². The number of rotatable bonds is 2. The van der Waals surface area contributed by atoms with Gasteiger partial charge in [-0.2, -0.15) is 5.26 Å². The molecule has 0 bridgehead atoms. The normalized spacial score (nSPS) is 9.88. The van der Waals surface area contributed by atoms with E-state index in [-0.39, 0.29) is 12.1 Å². The fraction of sp³-hybridized carbons (Fsp3) is 0.0769. The number of pyridine rings is 1. The van der Waals surface area contributed by atoms with Crippen molar-refractivity contribution in [1.29, 1.82) is 5.26 Å². The number of nitriles is 1. The van der Waals surface area contributed by atoms with Crippen molar-refractivity contribution < 1.29 is 4.39 Å². The zero-order chi connectivity index (χ0) is 12.3. The molecule has 2 aromatic rings. The van der Waals surface area contributed by atoms with Gasteiger partial charge in [0.05, 0.1) is 18.2 Å². The number of aromatic nitrogens is 1. The summed E-state index contributed by atoms with van der Waals surface area (Å²) in [4.78, 5) is 11.5. The van der Waals surface area contributed by atoms with Crippen molar-refractivity contribution in [1.82, 2.24) is 4.57 Å². The Morgan fingerprint density at radius 1 is 1.29 bits per heavy atom. The van der Waals surface area contributed by atoms with Crippen LogP contribution in [0, 0.1) is 17.1 Å². The molecule has 4 heteroatoms. The minimum atomic E-state index is -0.417. The molecular formula is C13H9FN2O. The maximum Gasteiger partial charge on any atom is 0.250 e. The molecule has 2 rings (SSSR count). The summed E-state index contributed by atoms with van der Waals surface area (Å²) in [6.07, 6.45) is 1.58. The van der Waals surface area contributed by atoms with Crippen molar-refractivity contribution in [2.45, 2.75) is 6.54 Å². The highest BCUT2D eigenvalue weighted by Gasteiger charge is 2.05. The second-order valence-corrected chi connectivity index (χ2v) is 3.58. The summed E-state index contributed by atoms with van der Waals surface area (Å²) >= 11 is 0. The zero-order valence-corrected chi connectivity index (χ0v) is 8.93. The van der Waals surface area contributed by atoms with Crippen molar-refractivity contribution in [3.63, 3.8) is 0 Å². The Bertz CT molecular complexity index is 640. The Labute approximate surface area is 97.4 Å². The SMILES string of the molecule is N#Cc1ccc(F)c(Cn2ccccc2=O)c1. The summed E-state index contributed by atoms with van der Waals surface area (Å²) in [5.74, 6) is -0.417. The van der Waals surface area contributed by atoms with Crippen molar-refractivity contribution in [3.8, 4) is 6.07 Å². The molecule has 1 aromatic heterocycles. The first kappa shape index (κ1) is 11.1. The Kier molecular flexibility index (Phi) is 3.01. The van der Waals surface area contributed by atoms with Gasteiger partial charge in [0.1, 0.15) is 5.82 Å². The van der Waals surface area contributed by atoms with Crippen LogP contribution in [-0.4, -0.2) is 4.57 Å². The summed E-state index contributed by atoms with van der Waals surface area (Å²) < 4.78 is 14.9. The summed E-state index contributed by atoms with van der Waals surface area (Å²) in [5.41, 5.74) is 0.511. The smallest absolute Gasteiger partial charge is 0.250 e. The molecule has 0 N–H and O–H groups in total. The second-order valence-electron chi connectivity index (χ2n) is 3.58. The molecule has 0 unspecified atom stereocenters. The van der Waals surface area contributed by atoms with Gasteiger partial charge in [-0.25, -0.2) is 4.39 Å².